The number of hydrogen-bond donors (Lipinski definition) is 1. The number of carbonyl (C=O) groups is 1. The molecule has 1 N–H and O–H groups in total. The third-order valence-electron chi connectivity index (χ3n) is 6.15. The van der Waals surface area contributed by atoms with Gasteiger partial charge in [-0.1, -0.05) is 25.1 Å². The molecule has 0 aliphatic carbocycles. The van der Waals surface area contributed by atoms with Crippen LogP contribution >= 0.6 is 0 Å². The summed E-state index contributed by atoms with van der Waals surface area (Å²) in [6.07, 6.45) is 4.23. The molecule has 152 valence electrons. The summed E-state index contributed by atoms with van der Waals surface area (Å²) in [6.45, 7) is 7.84. The lowest BCUT2D eigenvalue weighted by Crippen LogP contribution is -2.55. The zero-order valence-corrected chi connectivity index (χ0v) is 17.1. The van der Waals surface area contributed by atoms with E-state index in [9.17, 15) is 4.79 Å². The van der Waals surface area contributed by atoms with Gasteiger partial charge in [0.25, 0.3) is 0 Å². The first-order valence-corrected chi connectivity index (χ1v) is 10.5. The van der Waals surface area contributed by atoms with E-state index >= 15 is 0 Å². The fourth-order valence-corrected chi connectivity index (χ4v) is 4.75. The first-order chi connectivity index (χ1) is 13.7. The van der Waals surface area contributed by atoms with Gasteiger partial charge in [0.05, 0.1) is 13.2 Å². The number of hydrogen-bond acceptors (Lipinski definition) is 3. The maximum atomic E-state index is 12.6. The Morgan fingerprint density at radius 1 is 1.29 bits per heavy atom. The second kappa shape index (κ2) is 8.53. The van der Waals surface area contributed by atoms with Crippen molar-refractivity contribution in [3.05, 3.63) is 36.0 Å². The van der Waals surface area contributed by atoms with Crippen LogP contribution in [0.25, 0.3) is 10.9 Å². The SMILES string of the molecule is CCCNC(=O)N1CCOC[C@H]2CN(Cc3cn(C)c4ccccc34)CC[C@H]21. The largest absolute Gasteiger partial charge is 0.379 e. The van der Waals surface area contributed by atoms with Gasteiger partial charge in [-0.25, -0.2) is 4.79 Å². The number of carbonyl (C=O) groups excluding carboxylic acids is 1. The van der Waals surface area contributed by atoms with E-state index in [2.05, 4.69) is 59.2 Å². The fraction of sp³-hybridized carbons (Fsp3) is 0.591. The molecular formula is C22H32N4O2. The second-order valence-electron chi connectivity index (χ2n) is 8.13. The number of fused-ring (bicyclic) bond motifs is 2. The molecule has 4 rings (SSSR count). The molecule has 0 bridgehead atoms. The first-order valence-electron chi connectivity index (χ1n) is 10.5. The minimum atomic E-state index is 0.0739. The third-order valence-corrected chi connectivity index (χ3v) is 6.15. The fourth-order valence-electron chi connectivity index (χ4n) is 4.75. The summed E-state index contributed by atoms with van der Waals surface area (Å²) < 4.78 is 8.08. The molecule has 1 aromatic heterocycles. The predicted molar refractivity (Wildman–Crippen MR) is 111 cm³/mol. The summed E-state index contributed by atoms with van der Waals surface area (Å²) in [5, 5.41) is 4.39. The highest BCUT2D eigenvalue weighted by molar-refractivity contribution is 5.83. The average molecular weight is 385 g/mol. The normalized spacial score (nSPS) is 23.4. The Morgan fingerprint density at radius 2 is 2.14 bits per heavy atom. The molecule has 6 nitrogen and oxygen atoms in total. The number of aryl methyl sites for hydroxylation is 1. The van der Waals surface area contributed by atoms with Crippen LogP contribution in [0.2, 0.25) is 0 Å². The number of benzene rings is 1. The molecule has 2 atom stereocenters. The molecule has 1 aromatic carbocycles. The molecule has 0 saturated carbocycles. The highest BCUT2D eigenvalue weighted by atomic mass is 16.5. The van der Waals surface area contributed by atoms with E-state index in [1.807, 2.05) is 4.90 Å². The van der Waals surface area contributed by atoms with Crippen molar-refractivity contribution in [1.29, 1.82) is 0 Å². The number of para-hydroxylation sites is 1. The van der Waals surface area contributed by atoms with Gasteiger partial charge in [-0.05, 0) is 24.5 Å². The second-order valence-corrected chi connectivity index (χ2v) is 8.13. The van der Waals surface area contributed by atoms with Crippen molar-refractivity contribution in [3.8, 4) is 0 Å². The van der Waals surface area contributed by atoms with Crippen molar-refractivity contribution in [2.75, 3.05) is 39.4 Å². The van der Waals surface area contributed by atoms with Gasteiger partial charge in [0.1, 0.15) is 0 Å². The summed E-state index contributed by atoms with van der Waals surface area (Å²) in [6, 6.07) is 8.96. The molecule has 0 unspecified atom stereocenters. The molecule has 6 heteroatoms. The maximum absolute atomic E-state index is 12.6. The van der Waals surface area contributed by atoms with Crippen LogP contribution in [0.4, 0.5) is 4.79 Å². The van der Waals surface area contributed by atoms with Crippen molar-refractivity contribution < 1.29 is 9.53 Å². The highest BCUT2D eigenvalue weighted by Crippen LogP contribution is 2.28. The Kier molecular flexibility index (Phi) is 5.87. The minimum Gasteiger partial charge on any atom is -0.379 e. The van der Waals surface area contributed by atoms with Crippen molar-refractivity contribution >= 4 is 16.9 Å². The quantitative estimate of drug-likeness (QED) is 0.882. The van der Waals surface area contributed by atoms with Gasteiger partial charge in [0.15, 0.2) is 0 Å². The third kappa shape index (κ3) is 3.89. The van der Waals surface area contributed by atoms with Crippen molar-refractivity contribution in [3.63, 3.8) is 0 Å². The zero-order chi connectivity index (χ0) is 19.5. The van der Waals surface area contributed by atoms with Crippen LogP contribution in [0.3, 0.4) is 0 Å². The van der Waals surface area contributed by atoms with Crippen LogP contribution in [0.1, 0.15) is 25.3 Å². The number of rotatable bonds is 4. The lowest BCUT2D eigenvalue weighted by atomic mass is 9.91. The summed E-state index contributed by atoms with van der Waals surface area (Å²) in [5.74, 6) is 0.374. The van der Waals surface area contributed by atoms with Gasteiger partial charge in [-0.2, -0.15) is 0 Å². The number of aromatic nitrogens is 1. The standard InChI is InChI=1S/C22H32N4O2/c1-3-9-23-22(27)26-11-12-28-16-18-15-25(10-8-20(18)26)14-17-13-24(2)21-7-5-4-6-19(17)21/h4-7,13,18,20H,3,8-12,14-16H2,1-2H3,(H,23,27)/t18-,20-/m1/s1. The van der Waals surface area contributed by atoms with Gasteiger partial charge in [0.2, 0.25) is 0 Å². The molecule has 2 fully saturated rings. The molecule has 28 heavy (non-hydrogen) atoms. The Bertz CT molecular complexity index is 818. The number of nitrogens with one attached hydrogen (secondary N) is 1. The van der Waals surface area contributed by atoms with E-state index in [0.717, 1.165) is 45.6 Å². The Balaban J connectivity index is 1.45. The zero-order valence-electron chi connectivity index (χ0n) is 17.1. The summed E-state index contributed by atoms with van der Waals surface area (Å²) in [5.41, 5.74) is 2.66. The maximum Gasteiger partial charge on any atom is 0.317 e. The lowest BCUT2D eigenvalue weighted by Gasteiger charge is -2.42. The van der Waals surface area contributed by atoms with E-state index in [4.69, 9.17) is 4.74 Å². The van der Waals surface area contributed by atoms with E-state index in [1.165, 1.54) is 16.5 Å². The number of nitrogens with zero attached hydrogens (tertiary/aromatic N) is 3. The molecule has 2 amide bonds. The van der Waals surface area contributed by atoms with E-state index < -0.39 is 0 Å². The van der Waals surface area contributed by atoms with Crippen molar-refractivity contribution in [1.82, 2.24) is 19.7 Å². The minimum absolute atomic E-state index is 0.0739. The summed E-state index contributed by atoms with van der Waals surface area (Å²) >= 11 is 0. The first kappa shape index (κ1) is 19.3. The van der Waals surface area contributed by atoms with Crippen LogP contribution in [0, 0.1) is 5.92 Å². The lowest BCUT2D eigenvalue weighted by molar-refractivity contribution is 0.0543. The van der Waals surface area contributed by atoms with Gasteiger partial charge in [0, 0.05) is 68.8 Å². The Labute approximate surface area is 167 Å². The van der Waals surface area contributed by atoms with E-state index in [0.29, 0.717) is 19.1 Å². The molecule has 2 saturated heterocycles. The van der Waals surface area contributed by atoms with Crippen LogP contribution in [0.15, 0.2) is 30.5 Å². The van der Waals surface area contributed by atoms with Crippen molar-refractivity contribution in [2.24, 2.45) is 13.0 Å². The van der Waals surface area contributed by atoms with Crippen LogP contribution in [-0.2, 0) is 18.3 Å². The number of piperidine rings is 1. The number of likely N-dealkylation sites (tertiary alicyclic amines) is 1. The Morgan fingerprint density at radius 3 is 3.00 bits per heavy atom. The van der Waals surface area contributed by atoms with Crippen molar-refractivity contribution in [2.45, 2.75) is 32.4 Å². The highest BCUT2D eigenvalue weighted by Gasteiger charge is 2.37. The summed E-state index contributed by atoms with van der Waals surface area (Å²) in [7, 11) is 2.12. The van der Waals surface area contributed by atoms with E-state index in [1.54, 1.807) is 0 Å². The predicted octanol–water partition coefficient (Wildman–Crippen LogP) is 2.82. The van der Waals surface area contributed by atoms with Crippen LogP contribution in [-0.4, -0.2) is 65.8 Å². The molecule has 0 spiro atoms. The van der Waals surface area contributed by atoms with Gasteiger partial charge in [-0.3, -0.25) is 4.90 Å². The van der Waals surface area contributed by atoms with Gasteiger partial charge >= 0.3 is 6.03 Å². The summed E-state index contributed by atoms with van der Waals surface area (Å²) in [4.78, 5) is 17.2. The molecule has 2 aromatic rings. The number of amides is 2. The van der Waals surface area contributed by atoms with Gasteiger partial charge < -0.3 is 19.5 Å². The van der Waals surface area contributed by atoms with Gasteiger partial charge in [-0.15, -0.1) is 0 Å². The molecule has 0 radical (unpaired) electrons. The van der Waals surface area contributed by atoms with Crippen LogP contribution in [0.5, 0.6) is 0 Å². The number of urea groups is 1. The molecule has 2 aliphatic rings. The van der Waals surface area contributed by atoms with Crippen LogP contribution < -0.4 is 5.32 Å². The Hall–Kier alpha value is -2.05. The van der Waals surface area contributed by atoms with E-state index in [-0.39, 0.29) is 12.1 Å². The molecule has 3 heterocycles. The number of ether oxygens (including phenoxy) is 1. The molecule has 2 aliphatic heterocycles. The smallest absolute Gasteiger partial charge is 0.317 e. The monoisotopic (exact) mass is 384 g/mol. The topological polar surface area (TPSA) is 49.7 Å². The average Bonchev–Trinajstić information content (AvgIpc) is 2.89. The molecular weight excluding hydrogens is 352 g/mol.